The van der Waals surface area contributed by atoms with E-state index < -0.39 is 11.4 Å². The van der Waals surface area contributed by atoms with Crippen molar-refractivity contribution in [2.24, 2.45) is 0 Å². The van der Waals surface area contributed by atoms with Crippen LogP contribution in [0.25, 0.3) is 0 Å². The number of hydrogen-bond donors (Lipinski definition) is 1. The summed E-state index contributed by atoms with van der Waals surface area (Å²) in [5.41, 5.74) is -0.00162. The van der Waals surface area contributed by atoms with Crippen LogP contribution < -0.4 is 0 Å². The number of aliphatic carboxylic acids is 1. The van der Waals surface area contributed by atoms with Gasteiger partial charge in [-0.2, -0.15) is 0 Å². The number of nitrogens with zero attached hydrogens (tertiary/aromatic N) is 1. The molecule has 3 nitrogen and oxygen atoms in total. The summed E-state index contributed by atoms with van der Waals surface area (Å²) in [6, 6.07) is 9.82. The van der Waals surface area contributed by atoms with Crippen LogP contribution in [0.3, 0.4) is 0 Å². The van der Waals surface area contributed by atoms with Crippen LogP contribution in [0.4, 0.5) is 0 Å². The van der Waals surface area contributed by atoms with E-state index in [1.165, 1.54) is 0 Å². The molecular weight excluding hydrogens is 226 g/mol. The Hall–Kier alpha value is -1.35. The normalized spacial score (nSPS) is 14.8. The van der Waals surface area contributed by atoms with Gasteiger partial charge in [0.1, 0.15) is 5.41 Å². The lowest BCUT2D eigenvalue weighted by molar-refractivity contribution is -0.144. The fourth-order valence-electron chi connectivity index (χ4n) is 2.15. The minimum Gasteiger partial charge on any atom is -0.481 e. The van der Waals surface area contributed by atoms with E-state index in [0.717, 1.165) is 12.1 Å². The molecule has 0 fully saturated rings. The van der Waals surface area contributed by atoms with E-state index in [1.54, 1.807) is 6.92 Å². The number of hydrogen-bond acceptors (Lipinski definition) is 2. The molecule has 0 aliphatic heterocycles. The molecule has 0 aliphatic rings. The SMILES string of the molecule is CCN(CC(C)(C(=O)O)c1ccccc1)C(C)C. The lowest BCUT2D eigenvalue weighted by atomic mass is 9.81. The molecule has 1 rings (SSSR count). The van der Waals surface area contributed by atoms with Gasteiger partial charge >= 0.3 is 5.97 Å². The first-order valence-corrected chi connectivity index (χ1v) is 6.44. The summed E-state index contributed by atoms with van der Waals surface area (Å²) in [6.07, 6.45) is 0. The second-order valence-electron chi connectivity index (χ2n) is 5.16. The Morgan fingerprint density at radius 3 is 2.28 bits per heavy atom. The van der Waals surface area contributed by atoms with E-state index in [1.807, 2.05) is 30.3 Å². The zero-order chi connectivity index (χ0) is 13.8. The third-order valence-electron chi connectivity index (χ3n) is 3.54. The Balaban J connectivity index is 3.05. The van der Waals surface area contributed by atoms with Crippen LogP contribution in [0.5, 0.6) is 0 Å². The van der Waals surface area contributed by atoms with Gasteiger partial charge in [-0.25, -0.2) is 0 Å². The molecule has 1 unspecified atom stereocenters. The molecule has 0 spiro atoms. The molecule has 0 radical (unpaired) electrons. The molecule has 0 heterocycles. The summed E-state index contributed by atoms with van der Waals surface area (Å²) in [7, 11) is 0. The Bertz CT molecular complexity index is 389. The fourth-order valence-corrected chi connectivity index (χ4v) is 2.15. The Kier molecular flexibility index (Phi) is 4.91. The van der Waals surface area contributed by atoms with Crippen molar-refractivity contribution in [1.82, 2.24) is 4.90 Å². The Morgan fingerprint density at radius 1 is 1.33 bits per heavy atom. The Morgan fingerprint density at radius 2 is 1.89 bits per heavy atom. The largest absolute Gasteiger partial charge is 0.481 e. The molecule has 0 aliphatic carbocycles. The van der Waals surface area contributed by atoms with E-state index in [2.05, 4.69) is 25.7 Å². The molecule has 0 aromatic heterocycles. The second-order valence-corrected chi connectivity index (χ2v) is 5.16. The van der Waals surface area contributed by atoms with Crippen molar-refractivity contribution in [2.45, 2.75) is 39.2 Å². The molecule has 100 valence electrons. The van der Waals surface area contributed by atoms with E-state index in [4.69, 9.17) is 0 Å². The highest BCUT2D eigenvalue weighted by Crippen LogP contribution is 2.26. The predicted molar refractivity (Wildman–Crippen MR) is 73.8 cm³/mol. The molecule has 3 heteroatoms. The standard InChI is InChI=1S/C15H23NO2/c1-5-16(12(2)3)11-15(4,14(17)18)13-9-7-6-8-10-13/h6-10,12H,5,11H2,1-4H3,(H,17,18). The van der Waals surface area contributed by atoms with Crippen molar-refractivity contribution < 1.29 is 9.90 Å². The first-order chi connectivity index (χ1) is 8.41. The number of likely N-dealkylation sites (N-methyl/N-ethyl adjacent to an activating group) is 1. The number of benzene rings is 1. The molecule has 0 saturated heterocycles. The van der Waals surface area contributed by atoms with E-state index in [9.17, 15) is 9.90 Å². The van der Waals surface area contributed by atoms with Crippen LogP contribution in [0, 0.1) is 0 Å². The van der Waals surface area contributed by atoms with Crippen molar-refractivity contribution in [1.29, 1.82) is 0 Å². The molecule has 0 saturated carbocycles. The Labute approximate surface area is 109 Å². The molecule has 1 aromatic carbocycles. The van der Waals surface area contributed by atoms with Crippen LogP contribution in [0.1, 0.15) is 33.3 Å². The van der Waals surface area contributed by atoms with Crippen LogP contribution >= 0.6 is 0 Å². The van der Waals surface area contributed by atoms with E-state index in [-0.39, 0.29) is 0 Å². The zero-order valence-corrected chi connectivity index (χ0v) is 11.7. The second kappa shape index (κ2) is 6.01. The summed E-state index contributed by atoms with van der Waals surface area (Å²) < 4.78 is 0. The maximum Gasteiger partial charge on any atom is 0.315 e. The third-order valence-corrected chi connectivity index (χ3v) is 3.54. The monoisotopic (exact) mass is 249 g/mol. The van der Waals surface area contributed by atoms with E-state index >= 15 is 0 Å². The van der Waals surface area contributed by atoms with Crippen molar-refractivity contribution in [2.75, 3.05) is 13.1 Å². The maximum absolute atomic E-state index is 11.7. The molecule has 1 atom stereocenters. The summed E-state index contributed by atoms with van der Waals surface area (Å²) in [4.78, 5) is 13.9. The van der Waals surface area contributed by atoms with Gasteiger partial charge in [-0.1, -0.05) is 37.3 Å². The average molecular weight is 249 g/mol. The predicted octanol–water partition coefficient (Wildman–Crippen LogP) is 2.76. The number of carboxylic acid groups (broad SMARTS) is 1. The number of carboxylic acids is 1. The topological polar surface area (TPSA) is 40.5 Å². The summed E-state index contributed by atoms with van der Waals surface area (Å²) in [5.74, 6) is -0.771. The van der Waals surface area contributed by atoms with Crippen LogP contribution in [-0.2, 0) is 10.2 Å². The number of rotatable bonds is 6. The first-order valence-electron chi connectivity index (χ1n) is 6.44. The van der Waals surface area contributed by atoms with E-state index in [0.29, 0.717) is 12.6 Å². The molecule has 0 amide bonds. The molecule has 0 bridgehead atoms. The summed E-state index contributed by atoms with van der Waals surface area (Å²) in [5, 5.41) is 9.59. The molecule has 18 heavy (non-hydrogen) atoms. The lowest BCUT2D eigenvalue weighted by Gasteiger charge is -2.34. The molecule has 1 N–H and O–H groups in total. The van der Waals surface area contributed by atoms with Gasteiger partial charge in [-0.15, -0.1) is 0 Å². The van der Waals surface area contributed by atoms with Crippen molar-refractivity contribution in [3.05, 3.63) is 35.9 Å². The summed E-state index contributed by atoms with van der Waals surface area (Å²) in [6.45, 7) is 9.43. The van der Waals surface area contributed by atoms with Gasteiger partial charge in [-0.3, -0.25) is 9.69 Å². The highest BCUT2D eigenvalue weighted by atomic mass is 16.4. The highest BCUT2D eigenvalue weighted by Gasteiger charge is 2.37. The highest BCUT2D eigenvalue weighted by molar-refractivity contribution is 5.81. The first kappa shape index (κ1) is 14.7. The minimum absolute atomic E-state index is 0.345. The fraction of sp³-hybridized carbons (Fsp3) is 0.533. The maximum atomic E-state index is 11.7. The van der Waals surface area contributed by atoms with Gasteiger partial charge in [0.05, 0.1) is 0 Å². The number of carbonyl (C=O) groups is 1. The van der Waals surface area contributed by atoms with Crippen molar-refractivity contribution >= 4 is 5.97 Å². The van der Waals surface area contributed by atoms with Gasteiger partial charge in [0.2, 0.25) is 0 Å². The smallest absolute Gasteiger partial charge is 0.315 e. The quantitative estimate of drug-likeness (QED) is 0.842. The van der Waals surface area contributed by atoms with Gasteiger partial charge in [0.15, 0.2) is 0 Å². The summed E-state index contributed by atoms with van der Waals surface area (Å²) >= 11 is 0. The van der Waals surface area contributed by atoms with Gasteiger partial charge in [0.25, 0.3) is 0 Å². The lowest BCUT2D eigenvalue weighted by Crippen LogP contribution is -2.46. The minimum atomic E-state index is -0.860. The van der Waals surface area contributed by atoms with Crippen molar-refractivity contribution in [3.8, 4) is 0 Å². The van der Waals surface area contributed by atoms with Crippen molar-refractivity contribution in [3.63, 3.8) is 0 Å². The zero-order valence-electron chi connectivity index (χ0n) is 11.7. The average Bonchev–Trinajstić information content (AvgIpc) is 2.36. The van der Waals surface area contributed by atoms with Crippen LogP contribution in [-0.4, -0.2) is 35.1 Å². The van der Waals surface area contributed by atoms with Gasteiger partial charge < -0.3 is 5.11 Å². The van der Waals surface area contributed by atoms with Crippen LogP contribution in [0.15, 0.2) is 30.3 Å². The molecular formula is C15H23NO2. The third kappa shape index (κ3) is 3.10. The van der Waals surface area contributed by atoms with Gasteiger partial charge in [0, 0.05) is 12.6 Å². The molecule has 1 aromatic rings. The van der Waals surface area contributed by atoms with Crippen LogP contribution in [0.2, 0.25) is 0 Å². The van der Waals surface area contributed by atoms with Gasteiger partial charge in [-0.05, 0) is 32.9 Å².